The van der Waals surface area contributed by atoms with Crippen molar-refractivity contribution in [2.45, 2.75) is 76.5 Å². The fraction of sp³-hybridized carbons (Fsp3) is 0.438. The normalized spacial score (nSPS) is 14.0. The van der Waals surface area contributed by atoms with E-state index < -0.39 is 47.9 Å². The van der Waals surface area contributed by atoms with Crippen LogP contribution in [0.25, 0.3) is 10.9 Å². The molecule has 3 amide bonds. The second-order valence-corrected chi connectivity index (χ2v) is 11.5. The van der Waals surface area contributed by atoms with Gasteiger partial charge in [-0.1, -0.05) is 50.6 Å². The van der Waals surface area contributed by atoms with Crippen molar-refractivity contribution in [3.05, 3.63) is 65.9 Å². The van der Waals surface area contributed by atoms with E-state index in [4.69, 9.17) is 11.5 Å². The highest BCUT2D eigenvalue weighted by molar-refractivity contribution is 5.94. The number of hydrogen-bond donors (Lipinski definition) is 8. The fourth-order valence-electron chi connectivity index (χ4n) is 4.96. The molecule has 3 aromatic rings. The number of nitrogens with two attached hydrogens (primary N) is 2. The van der Waals surface area contributed by atoms with Crippen LogP contribution in [0.15, 0.2) is 54.7 Å². The van der Waals surface area contributed by atoms with Gasteiger partial charge in [0.1, 0.15) is 23.9 Å². The molecule has 12 nitrogen and oxygen atoms in total. The minimum Gasteiger partial charge on any atom is -0.508 e. The van der Waals surface area contributed by atoms with E-state index in [1.165, 1.54) is 12.1 Å². The minimum atomic E-state index is -1.28. The highest BCUT2D eigenvalue weighted by atomic mass is 16.4. The number of carbonyl (C=O) groups is 4. The number of amides is 3. The molecule has 2 aromatic carbocycles. The number of benzene rings is 2. The zero-order valence-corrected chi connectivity index (χ0v) is 25.2. The Bertz CT molecular complexity index is 1410. The summed E-state index contributed by atoms with van der Waals surface area (Å²) in [5.41, 5.74) is 13.8. The lowest BCUT2D eigenvalue weighted by Gasteiger charge is -2.26. The molecule has 238 valence electrons. The second kappa shape index (κ2) is 16.4. The first kappa shape index (κ1) is 34.1. The molecule has 0 aliphatic heterocycles. The predicted molar refractivity (Wildman–Crippen MR) is 168 cm³/mol. The van der Waals surface area contributed by atoms with E-state index >= 15 is 0 Å². The number of aromatic amines is 1. The first-order chi connectivity index (χ1) is 21.0. The molecule has 3 rings (SSSR count). The number of aliphatic carboxylic acids is 1. The van der Waals surface area contributed by atoms with E-state index in [-0.39, 0.29) is 24.5 Å². The number of aromatic nitrogens is 1. The molecule has 0 radical (unpaired) electrons. The van der Waals surface area contributed by atoms with Crippen molar-refractivity contribution in [3.63, 3.8) is 0 Å². The molecule has 0 spiro atoms. The summed E-state index contributed by atoms with van der Waals surface area (Å²) in [6.45, 7) is 4.29. The van der Waals surface area contributed by atoms with Crippen molar-refractivity contribution in [3.8, 4) is 5.75 Å². The number of hydrogen-bond acceptors (Lipinski definition) is 7. The highest BCUT2D eigenvalue weighted by Gasteiger charge is 2.31. The number of para-hydroxylation sites is 1. The summed E-state index contributed by atoms with van der Waals surface area (Å²) in [5.74, 6) is -2.95. The third kappa shape index (κ3) is 10.1. The zero-order chi connectivity index (χ0) is 32.2. The van der Waals surface area contributed by atoms with Gasteiger partial charge in [0.25, 0.3) is 0 Å². The maximum atomic E-state index is 13.6. The molecule has 0 aliphatic carbocycles. The molecule has 0 saturated heterocycles. The summed E-state index contributed by atoms with van der Waals surface area (Å²) < 4.78 is 0. The number of H-pyrrole nitrogens is 1. The maximum Gasteiger partial charge on any atom is 0.326 e. The first-order valence-corrected chi connectivity index (χ1v) is 14.9. The van der Waals surface area contributed by atoms with Gasteiger partial charge in [0.15, 0.2) is 0 Å². The van der Waals surface area contributed by atoms with Crippen molar-refractivity contribution in [1.29, 1.82) is 0 Å². The number of phenolic OH excluding ortho intramolecular Hbond substituents is 1. The summed E-state index contributed by atoms with van der Waals surface area (Å²) >= 11 is 0. The van der Waals surface area contributed by atoms with E-state index in [9.17, 15) is 29.4 Å². The number of carbonyl (C=O) groups excluding carboxylic acids is 3. The van der Waals surface area contributed by atoms with E-state index in [1.807, 2.05) is 38.1 Å². The smallest absolute Gasteiger partial charge is 0.326 e. The minimum absolute atomic E-state index is 0.0121. The quantitative estimate of drug-likeness (QED) is 0.105. The first-order valence-electron chi connectivity index (χ1n) is 14.9. The van der Waals surface area contributed by atoms with Crippen LogP contribution in [0.3, 0.4) is 0 Å². The summed E-state index contributed by atoms with van der Waals surface area (Å²) in [4.78, 5) is 55.3. The Morgan fingerprint density at radius 2 is 1.48 bits per heavy atom. The molecular formula is C32H44N6O6. The topological polar surface area (TPSA) is 213 Å². The van der Waals surface area contributed by atoms with Gasteiger partial charge in [-0.3, -0.25) is 14.4 Å². The largest absolute Gasteiger partial charge is 0.508 e. The average molecular weight is 609 g/mol. The lowest BCUT2D eigenvalue weighted by atomic mass is 9.99. The summed E-state index contributed by atoms with van der Waals surface area (Å²) in [7, 11) is 0. The van der Waals surface area contributed by atoms with Crippen molar-refractivity contribution in [2.75, 3.05) is 6.54 Å². The Morgan fingerprint density at radius 3 is 2.14 bits per heavy atom. The maximum absolute atomic E-state index is 13.6. The second-order valence-electron chi connectivity index (χ2n) is 11.5. The van der Waals surface area contributed by atoms with Crippen molar-refractivity contribution in [2.24, 2.45) is 17.4 Å². The van der Waals surface area contributed by atoms with Gasteiger partial charge in [0, 0.05) is 29.9 Å². The SMILES string of the molecule is CC(C)CC(NC(=O)C(N)CCCCN)C(=O)NC(Cc1ccc(O)cc1)C(=O)NC(Cc1c[nH]c2ccccc12)C(=O)O. The van der Waals surface area contributed by atoms with E-state index in [0.29, 0.717) is 31.4 Å². The van der Waals surface area contributed by atoms with Crippen LogP contribution in [0.4, 0.5) is 0 Å². The standard InChI is InChI=1S/C32H44N6O6/c1-19(2)15-26(36-29(40)24(34)8-5-6-14-33)30(41)37-27(16-20-10-12-22(39)13-11-20)31(42)38-28(32(43)44)17-21-18-35-25-9-4-3-7-23(21)25/h3-4,7,9-13,18-19,24,26-28,35,39H,5-6,8,14-17,33-34H2,1-2H3,(H,36,40)(H,37,41)(H,38,42)(H,43,44). The molecule has 0 aliphatic rings. The van der Waals surface area contributed by atoms with Gasteiger partial charge in [-0.25, -0.2) is 4.79 Å². The number of fused-ring (bicyclic) bond motifs is 1. The van der Waals surface area contributed by atoms with E-state index in [2.05, 4.69) is 20.9 Å². The zero-order valence-electron chi connectivity index (χ0n) is 25.2. The van der Waals surface area contributed by atoms with Crippen LogP contribution in [0.1, 0.15) is 50.7 Å². The van der Waals surface area contributed by atoms with Crippen molar-refractivity contribution < 1.29 is 29.4 Å². The Kier molecular flexibility index (Phi) is 12.7. The van der Waals surface area contributed by atoms with Crippen LogP contribution >= 0.6 is 0 Å². The number of phenols is 1. The molecule has 4 atom stereocenters. The van der Waals surface area contributed by atoms with Gasteiger partial charge in [0.05, 0.1) is 6.04 Å². The van der Waals surface area contributed by atoms with E-state index in [0.717, 1.165) is 22.9 Å². The Balaban J connectivity index is 1.80. The molecule has 1 heterocycles. The number of carboxylic acid groups (broad SMARTS) is 1. The highest BCUT2D eigenvalue weighted by Crippen LogP contribution is 2.19. The van der Waals surface area contributed by atoms with E-state index in [1.54, 1.807) is 18.3 Å². The van der Waals surface area contributed by atoms with Crippen LogP contribution in [-0.2, 0) is 32.0 Å². The molecule has 10 N–H and O–H groups in total. The third-order valence-electron chi connectivity index (χ3n) is 7.37. The Morgan fingerprint density at radius 1 is 0.841 bits per heavy atom. The molecule has 0 saturated carbocycles. The number of nitrogens with one attached hydrogen (secondary N) is 4. The summed E-state index contributed by atoms with van der Waals surface area (Å²) in [6, 6.07) is 9.32. The Labute approximate surface area is 257 Å². The van der Waals surface area contributed by atoms with Crippen LogP contribution in [0, 0.1) is 5.92 Å². The lowest BCUT2D eigenvalue weighted by Crippen LogP contribution is -2.58. The number of carboxylic acids is 1. The molecular weight excluding hydrogens is 564 g/mol. The predicted octanol–water partition coefficient (Wildman–Crippen LogP) is 1.70. The van der Waals surface area contributed by atoms with Crippen LogP contribution in [-0.4, -0.2) is 69.6 Å². The average Bonchev–Trinajstić information content (AvgIpc) is 3.39. The molecule has 12 heteroatoms. The Hall–Kier alpha value is -4.42. The van der Waals surface area contributed by atoms with Gasteiger partial charge in [-0.15, -0.1) is 0 Å². The molecule has 0 fully saturated rings. The molecule has 0 bridgehead atoms. The van der Waals surface area contributed by atoms with Crippen molar-refractivity contribution in [1.82, 2.24) is 20.9 Å². The lowest BCUT2D eigenvalue weighted by molar-refractivity contribution is -0.142. The van der Waals surface area contributed by atoms with Gasteiger partial charge in [-0.2, -0.15) is 0 Å². The van der Waals surface area contributed by atoms with Crippen molar-refractivity contribution >= 4 is 34.6 Å². The number of rotatable bonds is 17. The van der Waals surface area contributed by atoms with Crippen LogP contribution in [0.5, 0.6) is 5.75 Å². The van der Waals surface area contributed by atoms with Gasteiger partial charge >= 0.3 is 5.97 Å². The molecule has 1 aromatic heterocycles. The fourth-order valence-corrected chi connectivity index (χ4v) is 4.96. The summed E-state index contributed by atoms with van der Waals surface area (Å²) in [6.07, 6.45) is 3.84. The van der Waals surface area contributed by atoms with Gasteiger partial charge in [0.2, 0.25) is 17.7 Å². The van der Waals surface area contributed by atoms with Gasteiger partial charge in [-0.05, 0) is 61.1 Å². The van der Waals surface area contributed by atoms with Crippen LogP contribution < -0.4 is 27.4 Å². The monoisotopic (exact) mass is 608 g/mol. The number of aromatic hydroxyl groups is 1. The number of unbranched alkanes of at least 4 members (excludes halogenated alkanes) is 1. The molecule has 4 unspecified atom stereocenters. The third-order valence-corrected chi connectivity index (χ3v) is 7.37. The summed E-state index contributed by atoms with van der Waals surface area (Å²) in [5, 5.41) is 28.6. The van der Waals surface area contributed by atoms with Crippen LogP contribution in [0.2, 0.25) is 0 Å². The molecule has 44 heavy (non-hydrogen) atoms. The van der Waals surface area contributed by atoms with Gasteiger partial charge < -0.3 is 42.6 Å².